The number of nitrogen functional groups attached to an aromatic ring is 2. The van der Waals surface area contributed by atoms with Crippen LogP contribution in [0.2, 0.25) is 0 Å². The standard InChI is InChI=1S/C8H12N2S/c1-11-5-6-2-3-7(9)4-8(6)10/h2-4H,5,9-10H2,1H3. The average Bonchev–Trinajstić information content (AvgIpc) is 1.95. The van der Waals surface area contributed by atoms with E-state index in [9.17, 15) is 0 Å². The molecule has 0 bridgehead atoms. The molecule has 0 aliphatic rings. The summed E-state index contributed by atoms with van der Waals surface area (Å²) in [6, 6.07) is 5.65. The van der Waals surface area contributed by atoms with Crippen molar-refractivity contribution in [1.82, 2.24) is 0 Å². The summed E-state index contributed by atoms with van der Waals surface area (Å²) in [5.41, 5.74) is 13.9. The monoisotopic (exact) mass is 168 g/mol. The molecule has 1 rings (SSSR count). The molecule has 3 heteroatoms. The lowest BCUT2D eigenvalue weighted by atomic mass is 10.2. The van der Waals surface area contributed by atoms with Gasteiger partial charge in [0.2, 0.25) is 0 Å². The minimum absolute atomic E-state index is 0.729. The van der Waals surface area contributed by atoms with Crippen LogP contribution >= 0.6 is 11.8 Å². The van der Waals surface area contributed by atoms with Gasteiger partial charge in [-0.05, 0) is 24.0 Å². The van der Waals surface area contributed by atoms with Gasteiger partial charge in [0.05, 0.1) is 0 Å². The molecule has 60 valence electrons. The highest BCUT2D eigenvalue weighted by Crippen LogP contribution is 2.19. The van der Waals surface area contributed by atoms with Crippen molar-refractivity contribution in [2.45, 2.75) is 5.75 Å². The molecule has 0 fully saturated rings. The molecule has 0 amide bonds. The highest BCUT2D eigenvalue weighted by molar-refractivity contribution is 7.97. The Balaban J connectivity index is 2.90. The van der Waals surface area contributed by atoms with Crippen LogP contribution in [0.15, 0.2) is 18.2 Å². The number of hydrogen-bond donors (Lipinski definition) is 2. The van der Waals surface area contributed by atoms with Crippen molar-refractivity contribution in [3.8, 4) is 0 Å². The zero-order chi connectivity index (χ0) is 8.27. The maximum Gasteiger partial charge on any atom is 0.0375 e. The molecule has 0 saturated heterocycles. The quantitative estimate of drug-likeness (QED) is 0.661. The predicted molar refractivity (Wildman–Crippen MR) is 52.5 cm³/mol. The second-order valence-corrected chi connectivity index (χ2v) is 3.26. The van der Waals surface area contributed by atoms with Crippen molar-refractivity contribution in [1.29, 1.82) is 0 Å². The molecule has 0 spiro atoms. The molecular weight excluding hydrogens is 156 g/mol. The van der Waals surface area contributed by atoms with Crippen LogP contribution in [0, 0.1) is 0 Å². The van der Waals surface area contributed by atoms with Crippen LogP contribution in [0.3, 0.4) is 0 Å². The third-order valence-electron chi connectivity index (χ3n) is 1.47. The molecule has 1 aromatic rings. The van der Waals surface area contributed by atoms with E-state index in [1.165, 1.54) is 0 Å². The summed E-state index contributed by atoms with van der Waals surface area (Å²) in [6.45, 7) is 0. The highest BCUT2D eigenvalue weighted by Gasteiger charge is 1.96. The van der Waals surface area contributed by atoms with Crippen LogP contribution < -0.4 is 11.5 Å². The number of rotatable bonds is 2. The van der Waals surface area contributed by atoms with Crippen LogP contribution in [0.25, 0.3) is 0 Å². The second kappa shape index (κ2) is 3.53. The molecule has 0 aliphatic carbocycles. The van der Waals surface area contributed by atoms with Gasteiger partial charge in [-0.1, -0.05) is 6.07 Å². The van der Waals surface area contributed by atoms with Gasteiger partial charge in [0.15, 0.2) is 0 Å². The Bertz CT molecular complexity index is 248. The molecule has 0 radical (unpaired) electrons. The third kappa shape index (κ3) is 2.05. The third-order valence-corrected chi connectivity index (χ3v) is 2.07. The number of anilines is 2. The molecule has 0 atom stereocenters. The summed E-state index contributed by atoms with van der Waals surface area (Å²) in [5, 5.41) is 0. The largest absolute Gasteiger partial charge is 0.399 e. The van der Waals surface area contributed by atoms with Gasteiger partial charge in [-0.2, -0.15) is 11.8 Å². The van der Waals surface area contributed by atoms with Crippen LogP contribution in [0.1, 0.15) is 5.56 Å². The maximum atomic E-state index is 5.71. The van der Waals surface area contributed by atoms with Gasteiger partial charge in [-0.25, -0.2) is 0 Å². The van der Waals surface area contributed by atoms with E-state index in [-0.39, 0.29) is 0 Å². The van der Waals surface area contributed by atoms with E-state index in [4.69, 9.17) is 11.5 Å². The first-order valence-corrected chi connectivity index (χ1v) is 4.76. The van der Waals surface area contributed by atoms with E-state index in [1.54, 1.807) is 17.8 Å². The zero-order valence-corrected chi connectivity index (χ0v) is 7.32. The Morgan fingerprint density at radius 2 is 2.09 bits per heavy atom. The Morgan fingerprint density at radius 1 is 1.36 bits per heavy atom. The number of nitrogens with two attached hydrogens (primary N) is 2. The lowest BCUT2D eigenvalue weighted by Gasteiger charge is -2.03. The summed E-state index contributed by atoms with van der Waals surface area (Å²) in [5.74, 6) is 0.951. The van der Waals surface area contributed by atoms with Crippen LogP contribution in [0.5, 0.6) is 0 Å². The van der Waals surface area contributed by atoms with E-state index in [0.29, 0.717) is 0 Å². The molecule has 0 saturated carbocycles. The smallest absolute Gasteiger partial charge is 0.0375 e. The fourth-order valence-electron chi connectivity index (χ4n) is 0.900. The molecular formula is C8H12N2S. The molecule has 1 aromatic carbocycles. The first-order chi connectivity index (χ1) is 5.24. The molecule has 11 heavy (non-hydrogen) atoms. The fraction of sp³-hybridized carbons (Fsp3) is 0.250. The number of hydrogen-bond acceptors (Lipinski definition) is 3. The van der Waals surface area contributed by atoms with Crippen molar-refractivity contribution >= 4 is 23.1 Å². The molecule has 0 heterocycles. The Hall–Kier alpha value is -0.830. The van der Waals surface area contributed by atoms with E-state index >= 15 is 0 Å². The van der Waals surface area contributed by atoms with Gasteiger partial charge in [-0.15, -0.1) is 0 Å². The minimum atomic E-state index is 0.729. The molecule has 0 aliphatic heterocycles. The maximum absolute atomic E-state index is 5.71. The summed E-state index contributed by atoms with van der Waals surface area (Å²) in [6.07, 6.45) is 2.05. The number of benzene rings is 1. The van der Waals surface area contributed by atoms with Crippen LogP contribution in [0.4, 0.5) is 11.4 Å². The van der Waals surface area contributed by atoms with Gasteiger partial charge >= 0.3 is 0 Å². The lowest BCUT2D eigenvalue weighted by Crippen LogP contribution is -1.94. The van der Waals surface area contributed by atoms with Crippen LogP contribution in [-0.2, 0) is 5.75 Å². The molecule has 4 N–H and O–H groups in total. The first kappa shape index (κ1) is 8.27. The lowest BCUT2D eigenvalue weighted by molar-refractivity contribution is 1.42. The average molecular weight is 168 g/mol. The SMILES string of the molecule is CSCc1ccc(N)cc1N. The second-order valence-electron chi connectivity index (χ2n) is 2.39. The van der Waals surface area contributed by atoms with Crippen molar-refractivity contribution < 1.29 is 0 Å². The van der Waals surface area contributed by atoms with Gasteiger partial charge in [0.25, 0.3) is 0 Å². The molecule has 0 aromatic heterocycles. The minimum Gasteiger partial charge on any atom is -0.399 e. The molecule has 0 unspecified atom stereocenters. The van der Waals surface area contributed by atoms with Crippen molar-refractivity contribution in [2.24, 2.45) is 0 Å². The molecule has 2 nitrogen and oxygen atoms in total. The Morgan fingerprint density at radius 3 is 2.64 bits per heavy atom. The van der Waals surface area contributed by atoms with Crippen molar-refractivity contribution in [3.05, 3.63) is 23.8 Å². The van der Waals surface area contributed by atoms with Gasteiger partial charge in [0, 0.05) is 17.1 Å². The van der Waals surface area contributed by atoms with Gasteiger partial charge in [0.1, 0.15) is 0 Å². The van der Waals surface area contributed by atoms with E-state index in [2.05, 4.69) is 6.26 Å². The van der Waals surface area contributed by atoms with Gasteiger partial charge < -0.3 is 11.5 Å². The summed E-state index contributed by atoms with van der Waals surface area (Å²) < 4.78 is 0. The highest BCUT2D eigenvalue weighted by atomic mass is 32.2. The van der Waals surface area contributed by atoms with E-state index in [1.807, 2.05) is 12.1 Å². The van der Waals surface area contributed by atoms with Crippen molar-refractivity contribution in [2.75, 3.05) is 17.7 Å². The fourth-order valence-corrected chi connectivity index (χ4v) is 1.47. The van der Waals surface area contributed by atoms with Crippen LogP contribution in [-0.4, -0.2) is 6.26 Å². The first-order valence-electron chi connectivity index (χ1n) is 3.37. The van der Waals surface area contributed by atoms with Crippen molar-refractivity contribution in [3.63, 3.8) is 0 Å². The summed E-state index contributed by atoms with van der Waals surface area (Å²) >= 11 is 1.75. The van der Waals surface area contributed by atoms with Gasteiger partial charge in [-0.3, -0.25) is 0 Å². The van der Waals surface area contributed by atoms with E-state index < -0.39 is 0 Å². The van der Waals surface area contributed by atoms with E-state index in [0.717, 1.165) is 22.7 Å². The summed E-state index contributed by atoms with van der Waals surface area (Å²) in [4.78, 5) is 0. The summed E-state index contributed by atoms with van der Waals surface area (Å²) in [7, 11) is 0. The Labute approximate surface area is 71.0 Å². The number of thioether (sulfide) groups is 1. The predicted octanol–water partition coefficient (Wildman–Crippen LogP) is 1.71. The normalized spacial score (nSPS) is 9.91. The Kier molecular flexibility index (Phi) is 2.65. The zero-order valence-electron chi connectivity index (χ0n) is 6.50. The topological polar surface area (TPSA) is 52.0 Å².